The summed E-state index contributed by atoms with van der Waals surface area (Å²) < 4.78 is 4.28. The molecule has 0 saturated heterocycles. The average molecular weight is 257 g/mol. The highest BCUT2D eigenvalue weighted by Gasteiger charge is 2.26. The third kappa shape index (κ3) is 2.63. The molecule has 0 amide bonds. The topological polar surface area (TPSA) is 42.2 Å². The van der Waals surface area contributed by atoms with Crippen LogP contribution in [-0.4, -0.2) is 23.7 Å². The Morgan fingerprint density at radius 2 is 2.31 bits per heavy atom. The Bertz CT molecular complexity index is 347. The monoisotopic (exact) mass is 257 g/mol. The number of nitrogen functional groups attached to an aromatic ring is 1. The summed E-state index contributed by atoms with van der Waals surface area (Å²) in [7, 11) is 0. The van der Waals surface area contributed by atoms with Gasteiger partial charge in [-0.2, -0.15) is 4.37 Å². The molecule has 1 aromatic heterocycles. The zero-order chi connectivity index (χ0) is 11.5. The second-order valence-electron chi connectivity index (χ2n) is 4.30. The van der Waals surface area contributed by atoms with Crippen LogP contribution >= 0.6 is 23.3 Å². The summed E-state index contributed by atoms with van der Waals surface area (Å²) in [5.41, 5.74) is 5.88. The molecule has 1 aromatic rings. The predicted octanol–water partition coefficient (Wildman–Crippen LogP) is 3.07. The van der Waals surface area contributed by atoms with E-state index in [-0.39, 0.29) is 0 Å². The molecule has 0 unspecified atom stereocenters. The van der Waals surface area contributed by atoms with Gasteiger partial charge in [0, 0.05) is 13.1 Å². The minimum atomic E-state index is 0.699. The van der Waals surface area contributed by atoms with E-state index in [0.717, 1.165) is 12.5 Å². The number of thioether (sulfide) groups is 1. The number of aromatic nitrogens is 1. The summed E-state index contributed by atoms with van der Waals surface area (Å²) in [4.78, 5) is 3.64. The molecule has 1 heterocycles. The summed E-state index contributed by atoms with van der Waals surface area (Å²) in [6.07, 6.45) is 6.04. The standard InChI is InChI=1S/C11H19N3S2/c1-3-6-14(7-8-4-5-8)11-9(15-2)10(12)13-16-11/h8H,3-7H2,1-2H3,(H2,12,13). The SMILES string of the molecule is CCCN(CC1CC1)c1snc(N)c1SC. The van der Waals surface area contributed by atoms with Gasteiger partial charge in [-0.25, -0.2) is 0 Å². The van der Waals surface area contributed by atoms with E-state index in [9.17, 15) is 0 Å². The predicted molar refractivity (Wildman–Crippen MR) is 73.5 cm³/mol. The van der Waals surface area contributed by atoms with Gasteiger partial charge in [0.05, 0.1) is 4.90 Å². The zero-order valence-corrected chi connectivity index (χ0v) is 11.5. The van der Waals surface area contributed by atoms with Crippen LogP contribution < -0.4 is 10.6 Å². The van der Waals surface area contributed by atoms with E-state index >= 15 is 0 Å². The first-order valence-corrected chi connectivity index (χ1v) is 7.80. The minimum absolute atomic E-state index is 0.699. The van der Waals surface area contributed by atoms with E-state index < -0.39 is 0 Å². The molecular formula is C11H19N3S2. The Morgan fingerprint density at radius 1 is 1.56 bits per heavy atom. The van der Waals surface area contributed by atoms with Gasteiger partial charge in [0.2, 0.25) is 0 Å². The van der Waals surface area contributed by atoms with Gasteiger partial charge in [-0.15, -0.1) is 11.8 Å². The fraction of sp³-hybridized carbons (Fsp3) is 0.727. The lowest BCUT2D eigenvalue weighted by molar-refractivity contribution is 0.709. The van der Waals surface area contributed by atoms with Gasteiger partial charge < -0.3 is 10.6 Å². The van der Waals surface area contributed by atoms with Crippen LogP contribution in [0.3, 0.4) is 0 Å². The number of nitrogens with two attached hydrogens (primary N) is 1. The number of hydrogen-bond acceptors (Lipinski definition) is 5. The Kier molecular flexibility index (Phi) is 3.97. The molecule has 1 saturated carbocycles. The molecule has 16 heavy (non-hydrogen) atoms. The maximum atomic E-state index is 5.88. The molecule has 0 bridgehead atoms. The quantitative estimate of drug-likeness (QED) is 0.795. The van der Waals surface area contributed by atoms with Crippen LogP contribution in [0.25, 0.3) is 0 Å². The number of hydrogen-bond donors (Lipinski definition) is 1. The Morgan fingerprint density at radius 3 is 2.88 bits per heavy atom. The highest BCUT2D eigenvalue weighted by molar-refractivity contribution is 7.99. The van der Waals surface area contributed by atoms with Crippen LogP contribution in [0.15, 0.2) is 4.90 Å². The fourth-order valence-corrected chi connectivity index (χ4v) is 3.56. The number of anilines is 2. The van der Waals surface area contributed by atoms with Crippen molar-refractivity contribution in [3.05, 3.63) is 0 Å². The van der Waals surface area contributed by atoms with E-state index in [1.54, 1.807) is 23.3 Å². The van der Waals surface area contributed by atoms with Crippen LogP contribution in [0.2, 0.25) is 0 Å². The third-order valence-electron chi connectivity index (χ3n) is 2.82. The summed E-state index contributed by atoms with van der Waals surface area (Å²) >= 11 is 3.26. The van der Waals surface area contributed by atoms with Gasteiger partial charge in [0.1, 0.15) is 5.00 Å². The fourth-order valence-electron chi connectivity index (χ4n) is 1.84. The van der Waals surface area contributed by atoms with Gasteiger partial charge in [-0.05, 0) is 43.0 Å². The molecule has 2 rings (SSSR count). The Hall–Kier alpha value is -0.420. The lowest BCUT2D eigenvalue weighted by Crippen LogP contribution is -2.26. The van der Waals surface area contributed by atoms with E-state index in [0.29, 0.717) is 5.82 Å². The zero-order valence-electron chi connectivity index (χ0n) is 9.90. The van der Waals surface area contributed by atoms with Crippen molar-refractivity contribution in [1.82, 2.24) is 4.37 Å². The molecule has 0 atom stereocenters. The van der Waals surface area contributed by atoms with Crippen LogP contribution in [-0.2, 0) is 0 Å². The van der Waals surface area contributed by atoms with Crippen molar-refractivity contribution in [3.8, 4) is 0 Å². The lowest BCUT2D eigenvalue weighted by atomic mass is 10.3. The van der Waals surface area contributed by atoms with Gasteiger partial charge in [0.15, 0.2) is 5.82 Å². The maximum Gasteiger partial charge on any atom is 0.153 e. The van der Waals surface area contributed by atoms with Crippen molar-refractivity contribution in [2.45, 2.75) is 31.1 Å². The first kappa shape index (κ1) is 12.0. The van der Waals surface area contributed by atoms with E-state index in [1.165, 1.54) is 35.7 Å². The smallest absolute Gasteiger partial charge is 0.153 e. The van der Waals surface area contributed by atoms with Crippen molar-refractivity contribution in [2.75, 3.05) is 30.0 Å². The first-order valence-electron chi connectivity index (χ1n) is 5.80. The summed E-state index contributed by atoms with van der Waals surface area (Å²) in [6, 6.07) is 0. The van der Waals surface area contributed by atoms with Crippen LogP contribution in [0.5, 0.6) is 0 Å². The van der Waals surface area contributed by atoms with Crippen molar-refractivity contribution >= 4 is 34.1 Å². The first-order chi connectivity index (χ1) is 7.76. The second kappa shape index (κ2) is 5.27. The molecule has 1 aliphatic rings. The third-order valence-corrected chi connectivity index (χ3v) is 4.68. The van der Waals surface area contributed by atoms with Crippen molar-refractivity contribution in [3.63, 3.8) is 0 Å². The molecule has 0 aliphatic heterocycles. The molecular weight excluding hydrogens is 238 g/mol. The van der Waals surface area contributed by atoms with Gasteiger partial charge in [0.25, 0.3) is 0 Å². The summed E-state index contributed by atoms with van der Waals surface area (Å²) in [6.45, 7) is 4.53. The van der Waals surface area contributed by atoms with E-state index in [4.69, 9.17) is 5.73 Å². The number of rotatable bonds is 6. The Labute approximate surface area is 106 Å². The van der Waals surface area contributed by atoms with E-state index in [2.05, 4.69) is 22.5 Å². The lowest BCUT2D eigenvalue weighted by Gasteiger charge is -2.23. The van der Waals surface area contributed by atoms with Crippen molar-refractivity contribution in [1.29, 1.82) is 0 Å². The minimum Gasteiger partial charge on any atom is -0.382 e. The number of nitrogens with zero attached hydrogens (tertiary/aromatic N) is 2. The normalized spacial score (nSPS) is 15.4. The molecule has 1 fully saturated rings. The highest BCUT2D eigenvalue weighted by Crippen LogP contribution is 2.40. The van der Waals surface area contributed by atoms with Crippen LogP contribution in [0.1, 0.15) is 26.2 Å². The summed E-state index contributed by atoms with van der Waals surface area (Å²) in [5.74, 6) is 1.61. The molecule has 3 nitrogen and oxygen atoms in total. The highest BCUT2D eigenvalue weighted by atomic mass is 32.2. The molecule has 90 valence electrons. The second-order valence-corrected chi connectivity index (χ2v) is 5.86. The van der Waals surface area contributed by atoms with Crippen molar-refractivity contribution in [2.24, 2.45) is 5.92 Å². The Balaban J connectivity index is 2.15. The van der Waals surface area contributed by atoms with Crippen molar-refractivity contribution < 1.29 is 0 Å². The molecule has 0 aromatic carbocycles. The maximum absolute atomic E-state index is 5.88. The van der Waals surface area contributed by atoms with Crippen LogP contribution in [0.4, 0.5) is 10.8 Å². The van der Waals surface area contributed by atoms with Gasteiger partial charge in [-0.1, -0.05) is 6.92 Å². The van der Waals surface area contributed by atoms with Gasteiger partial charge in [-0.3, -0.25) is 0 Å². The molecule has 0 spiro atoms. The molecule has 0 radical (unpaired) electrons. The van der Waals surface area contributed by atoms with Gasteiger partial charge >= 0.3 is 0 Å². The molecule has 1 aliphatic carbocycles. The molecule has 5 heteroatoms. The average Bonchev–Trinajstić information content (AvgIpc) is 3.00. The van der Waals surface area contributed by atoms with E-state index in [1.807, 2.05) is 0 Å². The molecule has 2 N–H and O–H groups in total. The van der Waals surface area contributed by atoms with Crippen LogP contribution in [0, 0.1) is 5.92 Å². The largest absolute Gasteiger partial charge is 0.382 e. The summed E-state index contributed by atoms with van der Waals surface area (Å²) in [5, 5.41) is 1.28.